The van der Waals surface area contributed by atoms with Crippen molar-refractivity contribution in [3.8, 4) is 0 Å². The number of hydrogen-bond acceptors (Lipinski definition) is 3. The van der Waals surface area contributed by atoms with Gasteiger partial charge >= 0.3 is 0 Å². The molecule has 0 radical (unpaired) electrons. The summed E-state index contributed by atoms with van der Waals surface area (Å²) in [6, 6.07) is 0. The largest absolute Gasteiger partial charge is 0.466 e. The SMILES string of the molecule is Cc1oc(C)c(C(=O)N=C=O)c1C. The predicted molar refractivity (Wildman–Crippen MR) is 45.4 cm³/mol. The molecule has 0 aromatic carbocycles. The van der Waals surface area contributed by atoms with E-state index in [2.05, 4.69) is 4.99 Å². The lowest BCUT2D eigenvalue weighted by Gasteiger charge is -1.90. The van der Waals surface area contributed by atoms with Crippen LogP contribution in [0.3, 0.4) is 0 Å². The molecule has 0 aliphatic rings. The van der Waals surface area contributed by atoms with Gasteiger partial charge in [-0.25, -0.2) is 4.79 Å². The fourth-order valence-electron chi connectivity index (χ4n) is 1.21. The van der Waals surface area contributed by atoms with Gasteiger partial charge in [-0.1, -0.05) is 0 Å². The molecular weight excluding hydrogens is 170 g/mol. The summed E-state index contributed by atoms with van der Waals surface area (Å²) in [5, 5.41) is 0. The lowest BCUT2D eigenvalue weighted by molar-refractivity contribution is 0.100. The molecule has 4 heteroatoms. The van der Waals surface area contributed by atoms with E-state index in [1.807, 2.05) is 0 Å². The van der Waals surface area contributed by atoms with E-state index < -0.39 is 5.91 Å². The Bertz CT molecular complexity index is 397. The first-order valence-electron chi connectivity index (χ1n) is 3.76. The van der Waals surface area contributed by atoms with Gasteiger partial charge in [-0.15, -0.1) is 4.99 Å². The van der Waals surface area contributed by atoms with Gasteiger partial charge in [0.1, 0.15) is 11.5 Å². The highest BCUT2D eigenvalue weighted by Crippen LogP contribution is 2.21. The second-order valence-corrected chi connectivity index (χ2v) is 2.72. The zero-order chi connectivity index (χ0) is 10.0. The lowest BCUT2D eigenvalue weighted by Crippen LogP contribution is -1.97. The second kappa shape index (κ2) is 3.37. The van der Waals surface area contributed by atoms with Crippen molar-refractivity contribution in [1.29, 1.82) is 0 Å². The van der Waals surface area contributed by atoms with E-state index in [0.29, 0.717) is 17.1 Å². The van der Waals surface area contributed by atoms with Crippen LogP contribution in [0.1, 0.15) is 27.4 Å². The molecule has 0 aliphatic carbocycles. The quantitative estimate of drug-likeness (QED) is 0.486. The molecule has 0 fully saturated rings. The zero-order valence-corrected chi connectivity index (χ0v) is 7.67. The van der Waals surface area contributed by atoms with Gasteiger partial charge in [0.25, 0.3) is 5.91 Å². The Labute approximate surface area is 75.3 Å². The number of carbonyl (C=O) groups excluding carboxylic acids is 2. The molecule has 0 aliphatic heterocycles. The summed E-state index contributed by atoms with van der Waals surface area (Å²) in [6.07, 6.45) is 1.21. The third kappa shape index (κ3) is 1.58. The summed E-state index contributed by atoms with van der Waals surface area (Å²) in [6.45, 7) is 5.16. The van der Waals surface area contributed by atoms with Crippen LogP contribution < -0.4 is 0 Å². The third-order valence-corrected chi connectivity index (χ3v) is 1.92. The van der Waals surface area contributed by atoms with E-state index in [1.54, 1.807) is 20.8 Å². The Hall–Kier alpha value is -1.67. The number of hydrogen-bond donors (Lipinski definition) is 0. The average Bonchev–Trinajstić information content (AvgIpc) is 2.27. The minimum Gasteiger partial charge on any atom is -0.466 e. The summed E-state index contributed by atoms with van der Waals surface area (Å²) < 4.78 is 5.20. The molecule has 1 aromatic rings. The zero-order valence-electron chi connectivity index (χ0n) is 7.67. The van der Waals surface area contributed by atoms with Gasteiger partial charge in [-0.3, -0.25) is 4.79 Å². The monoisotopic (exact) mass is 179 g/mol. The molecular formula is C9H9NO3. The Morgan fingerprint density at radius 1 is 1.31 bits per heavy atom. The van der Waals surface area contributed by atoms with Gasteiger partial charge in [-0.05, 0) is 20.8 Å². The summed E-state index contributed by atoms with van der Waals surface area (Å²) >= 11 is 0. The van der Waals surface area contributed by atoms with Crippen LogP contribution in [0.25, 0.3) is 0 Å². The van der Waals surface area contributed by atoms with Gasteiger partial charge in [0.15, 0.2) is 0 Å². The van der Waals surface area contributed by atoms with Crippen molar-refractivity contribution in [1.82, 2.24) is 0 Å². The van der Waals surface area contributed by atoms with E-state index in [-0.39, 0.29) is 0 Å². The van der Waals surface area contributed by atoms with Gasteiger partial charge in [0, 0.05) is 5.56 Å². The number of amides is 1. The molecule has 0 atom stereocenters. The van der Waals surface area contributed by atoms with Gasteiger partial charge < -0.3 is 4.42 Å². The Balaban J connectivity index is 3.28. The number of aryl methyl sites for hydroxylation is 2. The molecule has 0 spiro atoms. The molecule has 0 saturated carbocycles. The normalized spacial score (nSPS) is 9.46. The van der Waals surface area contributed by atoms with Crippen LogP contribution >= 0.6 is 0 Å². The van der Waals surface area contributed by atoms with Crippen molar-refractivity contribution in [3.05, 3.63) is 22.6 Å². The molecule has 1 amide bonds. The molecule has 0 unspecified atom stereocenters. The molecule has 1 rings (SSSR count). The molecule has 4 nitrogen and oxygen atoms in total. The predicted octanol–water partition coefficient (Wildman–Crippen LogP) is 1.68. The fraction of sp³-hybridized carbons (Fsp3) is 0.333. The highest BCUT2D eigenvalue weighted by Gasteiger charge is 2.17. The van der Waals surface area contributed by atoms with Gasteiger partial charge in [-0.2, -0.15) is 0 Å². The van der Waals surface area contributed by atoms with Crippen molar-refractivity contribution in [2.75, 3.05) is 0 Å². The summed E-state index contributed by atoms with van der Waals surface area (Å²) in [4.78, 5) is 24.1. The third-order valence-electron chi connectivity index (χ3n) is 1.92. The number of nitrogens with zero attached hydrogens (tertiary/aromatic N) is 1. The molecule has 1 heterocycles. The smallest absolute Gasteiger partial charge is 0.291 e. The lowest BCUT2D eigenvalue weighted by atomic mass is 10.1. The molecule has 68 valence electrons. The van der Waals surface area contributed by atoms with Crippen LogP contribution in [0, 0.1) is 20.8 Å². The topological polar surface area (TPSA) is 59.6 Å². The minimum absolute atomic E-state index is 0.362. The van der Waals surface area contributed by atoms with Crippen molar-refractivity contribution >= 4 is 12.0 Å². The van der Waals surface area contributed by atoms with Crippen molar-refractivity contribution in [2.45, 2.75) is 20.8 Å². The fourth-order valence-corrected chi connectivity index (χ4v) is 1.21. The van der Waals surface area contributed by atoms with E-state index in [4.69, 9.17) is 4.42 Å². The number of furan rings is 1. The van der Waals surface area contributed by atoms with Crippen LogP contribution in [-0.4, -0.2) is 12.0 Å². The molecule has 13 heavy (non-hydrogen) atoms. The van der Waals surface area contributed by atoms with E-state index in [1.165, 1.54) is 6.08 Å². The summed E-state index contributed by atoms with van der Waals surface area (Å²) in [5.41, 5.74) is 1.09. The van der Waals surface area contributed by atoms with E-state index in [0.717, 1.165) is 5.56 Å². The molecule has 1 aromatic heterocycles. The van der Waals surface area contributed by atoms with E-state index >= 15 is 0 Å². The Morgan fingerprint density at radius 3 is 2.31 bits per heavy atom. The highest BCUT2D eigenvalue weighted by atomic mass is 16.3. The molecule has 0 bridgehead atoms. The van der Waals surface area contributed by atoms with Crippen LogP contribution in [0.15, 0.2) is 9.41 Å². The van der Waals surface area contributed by atoms with Crippen LogP contribution in [0.2, 0.25) is 0 Å². The number of rotatable bonds is 1. The highest BCUT2D eigenvalue weighted by molar-refractivity contribution is 5.99. The van der Waals surface area contributed by atoms with Crippen LogP contribution in [0.5, 0.6) is 0 Å². The number of isocyanates is 1. The minimum atomic E-state index is -0.596. The molecule has 0 saturated heterocycles. The number of aliphatic imine (C=N–C) groups is 1. The maximum absolute atomic E-state index is 11.2. The van der Waals surface area contributed by atoms with Crippen molar-refractivity contribution in [2.24, 2.45) is 4.99 Å². The van der Waals surface area contributed by atoms with Crippen molar-refractivity contribution < 1.29 is 14.0 Å². The average molecular weight is 179 g/mol. The standard InChI is InChI=1S/C9H9NO3/c1-5-6(2)13-7(3)8(5)9(12)10-4-11/h1-3H3. The first kappa shape index (κ1) is 9.42. The molecule has 0 N–H and O–H groups in total. The summed E-state index contributed by atoms with van der Waals surface area (Å²) in [5.74, 6) is 0.558. The maximum Gasteiger partial charge on any atom is 0.291 e. The summed E-state index contributed by atoms with van der Waals surface area (Å²) in [7, 11) is 0. The number of carbonyl (C=O) groups is 1. The van der Waals surface area contributed by atoms with E-state index in [9.17, 15) is 9.59 Å². The Kier molecular flexibility index (Phi) is 2.44. The second-order valence-electron chi connectivity index (χ2n) is 2.72. The van der Waals surface area contributed by atoms with Crippen LogP contribution in [0.4, 0.5) is 0 Å². The first-order chi connectivity index (χ1) is 6.07. The van der Waals surface area contributed by atoms with Gasteiger partial charge in [0.2, 0.25) is 6.08 Å². The maximum atomic E-state index is 11.2. The first-order valence-corrected chi connectivity index (χ1v) is 3.76. The van der Waals surface area contributed by atoms with Crippen molar-refractivity contribution in [3.63, 3.8) is 0 Å². The van der Waals surface area contributed by atoms with Crippen LogP contribution in [-0.2, 0) is 4.79 Å². The van der Waals surface area contributed by atoms with Gasteiger partial charge in [0.05, 0.1) is 5.56 Å². The Morgan fingerprint density at radius 2 is 1.92 bits per heavy atom.